The molecule has 0 radical (unpaired) electrons. The molecule has 1 heterocycles. The maximum Gasteiger partial charge on any atom is 0.315 e. The summed E-state index contributed by atoms with van der Waals surface area (Å²) >= 11 is 0. The Balaban J connectivity index is 1.80. The zero-order valence-corrected chi connectivity index (χ0v) is 11.4. The Bertz CT molecular complexity index is 493. The number of aromatic nitrogens is 3. The summed E-state index contributed by atoms with van der Waals surface area (Å²) in [5, 5.41) is 22.1. The molecule has 1 saturated carbocycles. The van der Waals surface area contributed by atoms with E-state index in [1.54, 1.807) is 17.9 Å². The van der Waals surface area contributed by atoms with Crippen molar-refractivity contribution in [3.8, 4) is 0 Å². The van der Waals surface area contributed by atoms with Crippen molar-refractivity contribution in [3.05, 3.63) is 12.2 Å². The van der Waals surface area contributed by atoms with Gasteiger partial charge in [0.1, 0.15) is 6.33 Å². The Morgan fingerprint density at radius 2 is 2.10 bits per heavy atom. The molecule has 0 unspecified atom stereocenters. The lowest BCUT2D eigenvalue weighted by atomic mass is 9.86. The number of carboxylic acids is 1. The molecule has 2 amide bonds. The van der Waals surface area contributed by atoms with E-state index in [1.165, 1.54) is 0 Å². The minimum Gasteiger partial charge on any atom is -0.481 e. The Morgan fingerprint density at radius 1 is 1.40 bits per heavy atom. The van der Waals surface area contributed by atoms with Crippen LogP contribution in [0.15, 0.2) is 6.33 Å². The van der Waals surface area contributed by atoms with E-state index < -0.39 is 11.4 Å². The maximum atomic E-state index is 11.7. The van der Waals surface area contributed by atoms with Crippen molar-refractivity contribution in [2.24, 2.45) is 12.5 Å². The van der Waals surface area contributed by atoms with Gasteiger partial charge in [0.15, 0.2) is 5.82 Å². The quantitative estimate of drug-likeness (QED) is 0.717. The first kappa shape index (κ1) is 14.3. The largest absolute Gasteiger partial charge is 0.481 e. The van der Waals surface area contributed by atoms with Gasteiger partial charge in [-0.1, -0.05) is 12.8 Å². The SMILES string of the molecule is Cn1cnnc1CNC(=O)NCC1(C(=O)O)CCCC1. The van der Waals surface area contributed by atoms with Gasteiger partial charge in [-0.05, 0) is 12.8 Å². The van der Waals surface area contributed by atoms with Gasteiger partial charge < -0.3 is 20.3 Å². The normalized spacial score (nSPS) is 16.9. The summed E-state index contributed by atoms with van der Waals surface area (Å²) in [6.45, 7) is 0.412. The minimum atomic E-state index is -0.830. The fourth-order valence-electron chi connectivity index (χ4n) is 2.46. The second-order valence-electron chi connectivity index (χ2n) is 5.19. The molecular formula is C12H19N5O3. The van der Waals surface area contributed by atoms with E-state index in [1.807, 2.05) is 0 Å². The van der Waals surface area contributed by atoms with Crippen LogP contribution >= 0.6 is 0 Å². The van der Waals surface area contributed by atoms with E-state index in [0.717, 1.165) is 12.8 Å². The van der Waals surface area contributed by atoms with Crippen LogP contribution in [-0.4, -0.2) is 38.4 Å². The monoisotopic (exact) mass is 281 g/mol. The fourth-order valence-corrected chi connectivity index (χ4v) is 2.46. The molecule has 8 heteroatoms. The van der Waals surface area contributed by atoms with E-state index in [-0.39, 0.29) is 19.1 Å². The number of hydrogen-bond acceptors (Lipinski definition) is 4. The first-order valence-corrected chi connectivity index (χ1v) is 6.61. The Hall–Kier alpha value is -2.12. The number of nitrogens with zero attached hydrogens (tertiary/aromatic N) is 3. The van der Waals surface area contributed by atoms with Crippen molar-refractivity contribution in [2.45, 2.75) is 32.2 Å². The van der Waals surface area contributed by atoms with Crippen LogP contribution in [0.3, 0.4) is 0 Å². The van der Waals surface area contributed by atoms with Crippen LogP contribution in [0.1, 0.15) is 31.5 Å². The zero-order chi connectivity index (χ0) is 14.6. The maximum absolute atomic E-state index is 11.7. The van der Waals surface area contributed by atoms with Crippen LogP contribution < -0.4 is 10.6 Å². The Kier molecular flexibility index (Phi) is 4.21. The highest BCUT2D eigenvalue weighted by atomic mass is 16.4. The van der Waals surface area contributed by atoms with Crippen molar-refractivity contribution < 1.29 is 14.7 Å². The lowest BCUT2D eigenvalue weighted by molar-refractivity contribution is -0.148. The van der Waals surface area contributed by atoms with Crippen molar-refractivity contribution in [2.75, 3.05) is 6.54 Å². The third-order valence-corrected chi connectivity index (χ3v) is 3.81. The third kappa shape index (κ3) is 3.06. The summed E-state index contributed by atoms with van der Waals surface area (Å²) in [6.07, 6.45) is 4.58. The number of aliphatic carboxylic acids is 1. The molecule has 1 aliphatic carbocycles. The van der Waals surface area contributed by atoms with Gasteiger partial charge in [-0.25, -0.2) is 4.79 Å². The van der Waals surface area contributed by atoms with E-state index in [4.69, 9.17) is 0 Å². The van der Waals surface area contributed by atoms with Crippen molar-refractivity contribution in [3.63, 3.8) is 0 Å². The third-order valence-electron chi connectivity index (χ3n) is 3.81. The first-order chi connectivity index (χ1) is 9.53. The van der Waals surface area contributed by atoms with Gasteiger partial charge >= 0.3 is 12.0 Å². The molecule has 8 nitrogen and oxygen atoms in total. The summed E-state index contributed by atoms with van der Waals surface area (Å²) < 4.78 is 1.70. The van der Waals surface area contributed by atoms with Crippen molar-refractivity contribution in [1.82, 2.24) is 25.4 Å². The van der Waals surface area contributed by atoms with Gasteiger partial charge in [0, 0.05) is 13.6 Å². The van der Waals surface area contributed by atoms with Crippen molar-refractivity contribution in [1.29, 1.82) is 0 Å². The second-order valence-corrected chi connectivity index (χ2v) is 5.19. The average Bonchev–Trinajstić information content (AvgIpc) is 3.04. The fraction of sp³-hybridized carbons (Fsp3) is 0.667. The molecule has 0 aliphatic heterocycles. The molecule has 1 aromatic rings. The summed E-state index contributed by atoms with van der Waals surface area (Å²) in [7, 11) is 1.78. The van der Waals surface area contributed by atoms with Crippen LogP contribution in [0.25, 0.3) is 0 Å². The highest BCUT2D eigenvalue weighted by Crippen LogP contribution is 2.37. The number of carbonyl (C=O) groups is 2. The number of carboxylic acid groups (broad SMARTS) is 1. The molecular weight excluding hydrogens is 262 g/mol. The molecule has 1 aliphatic rings. The number of urea groups is 1. The predicted octanol–water partition coefficient (Wildman–Crippen LogP) is 0.259. The van der Waals surface area contributed by atoms with Gasteiger partial charge in [0.05, 0.1) is 12.0 Å². The van der Waals surface area contributed by atoms with E-state index in [0.29, 0.717) is 18.7 Å². The molecule has 110 valence electrons. The van der Waals surface area contributed by atoms with Crippen molar-refractivity contribution >= 4 is 12.0 Å². The minimum absolute atomic E-state index is 0.160. The van der Waals surface area contributed by atoms with Gasteiger partial charge in [-0.3, -0.25) is 4.79 Å². The molecule has 0 aromatic carbocycles. The number of aryl methyl sites for hydroxylation is 1. The number of rotatable bonds is 5. The Labute approximate surface area is 116 Å². The lowest BCUT2D eigenvalue weighted by Gasteiger charge is -2.23. The molecule has 2 rings (SSSR count). The second kappa shape index (κ2) is 5.89. The highest BCUT2D eigenvalue weighted by Gasteiger charge is 2.41. The topological polar surface area (TPSA) is 109 Å². The predicted molar refractivity (Wildman–Crippen MR) is 69.8 cm³/mol. The van der Waals surface area contributed by atoms with Gasteiger partial charge in [-0.2, -0.15) is 0 Å². The molecule has 3 N–H and O–H groups in total. The summed E-state index contributed by atoms with van der Waals surface area (Å²) in [4.78, 5) is 23.0. The van der Waals surface area contributed by atoms with Crippen LogP contribution in [0.2, 0.25) is 0 Å². The molecule has 1 fully saturated rings. The summed E-state index contributed by atoms with van der Waals surface area (Å²) in [5.74, 6) is -0.197. The van der Waals surface area contributed by atoms with Crippen LogP contribution in [-0.2, 0) is 18.4 Å². The lowest BCUT2D eigenvalue weighted by Crippen LogP contribution is -2.45. The van der Waals surface area contributed by atoms with E-state index >= 15 is 0 Å². The highest BCUT2D eigenvalue weighted by molar-refractivity contribution is 5.78. The smallest absolute Gasteiger partial charge is 0.315 e. The molecule has 1 aromatic heterocycles. The number of nitrogens with one attached hydrogen (secondary N) is 2. The number of carbonyl (C=O) groups excluding carboxylic acids is 1. The average molecular weight is 281 g/mol. The van der Waals surface area contributed by atoms with E-state index in [9.17, 15) is 14.7 Å². The van der Waals surface area contributed by atoms with Gasteiger partial charge in [-0.15, -0.1) is 10.2 Å². The first-order valence-electron chi connectivity index (χ1n) is 6.61. The van der Waals surface area contributed by atoms with E-state index in [2.05, 4.69) is 20.8 Å². The van der Waals surface area contributed by atoms with Crippen LogP contribution in [0, 0.1) is 5.41 Å². The van der Waals surface area contributed by atoms with Crippen LogP contribution in [0.5, 0.6) is 0 Å². The van der Waals surface area contributed by atoms with Crippen LogP contribution in [0.4, 0.5) is 4.79 Å². The summed E-state index contributed by atoms with van der Waals surface area (Å²) in [6, 6.07) is -0.388. The number of amides is 2. The molecule has 0 atom stereocenters. The molecule has 0 spiro atoms. The molecule has 20 heavy (non-hydrogen) atoms. The number of hydrogen-bond donors (Lipinski definition) is 3. The van der Waals surface area contributed by atoms with Gasteiger partial charge in [0.25, 0.3) is 0 Å². The summed E-state index contributed by atoms with van der Waals surface area (Å²) in [5.41, 5.74) is -0.803. The molecule has 0 bridgehead atoms. The standard InChI is InChI=1S/C12H19N5O3/c1-17-8-15-16-9(17)6-13-11(20)14-7-12(10(18)19)4-2-3-5-12/h8H,2-7H2,1H3,(H,18,19)(H2,13,14,20). The molecule has 0 saturated heterocycles. The zero-order valence-electron chi connectivity index (χ0n) is 11.4. The Morgan fingerprint density at radius 3 is 2.65 bits per heavy atom. The van der Waals surface area contributed by atoms with Gasteiger partial charge in [0.2, 0.25) is 0 Å².